The first kappa shape index (κ1) is 10.3. The fourth-order valence-electron chi connectivity index (χ4n) is 0.949. The molecule has 0 heterocycles. The summed E-state index contributed by atoms with van der Waals surface area (Å²) < 4.78 is 0. The van der Waals surface area contributed by atoms with Gasteiger partial charge in [-0.25, -0.2) is 0 Å². The zero-order chi connectivity index (χ0) is 10.2. The van der Waals surface area contributed by atoms with Gasteiger partial charge in [0.25, 0.3) is 0 Å². The maximum atomic E-state index is 8.77. The summed E-state index contributed by atoms with van der Waals surface area (Å²) in [4.78, 5) is 4.95. The molecule has 0 aromatic heterocycles. The SMILES string of the molecule is CCCON=Cc1ccccc1C#N. The van der Waals surface area contributed by atoms with Gasteiger partial charge in [-0.1, -0.05) is 30.3 Å². The standard InChI is InChI=1S/C11H12N2O/c1-2-7-14-13-9-11-6-4-3-5-10(11)8-12/h3-6,9H,2,7H2,1H3. The molecule has 0 amide bonds. The molecule has 14 heavy (non-hydrogen) atoms. The van der Waals surface area contributed by atoms with Gasteiger partial charge < -0.3 is 4.84 Å². The molecular weight excluding hydrogens is 176 g/mol. The number of benzene rings is 1. The molecule has 1 rings (SSSR count). The summed E-state index contributed by atoms with van der Waals surface area (Å²) in [6.45, 7) is 2.62. The van der Waals surface area contributed by atoms with Crippen molar-refractivity contribution in [2.75, 3.05) is 6.61 Å². The molecule has 72 valence electrons. The molecular formula is C11H12N2O. The monoisotopic (exact) mass is 188 g/mol. The van der Waals surface area contributed by atoms with Crippen LogP contribution in [0.1, 0.15) is 24.5 Å². The molecule has 0 bridgehead atoms. The van der Waals surface area contributed by atoms with Crippen molar-refractivity contribution in [2.24, 2.45) is 5.16 Å². The summed E-state index contributed by atoms with van der Waals surface area (Å²) in [6, 6.07) is 9.36. The van der Waals surface area contributed by atoms with E-state index in [0.717, 1.165) is 12.0 Å². The second-order valence-electron chi connectivity index (χ2n) is 2.77. The summed E-state index contributed by atoms with van der Waals surface area (Å²) >= 11 is 0. The lowest BCUT2D eigenvalue weighted by atomic mass is 10.1. The summed E-state index contributed by atoms with van der Waals surface area (Å²) in [7, 11) is 0. The average Bonchev–Trinajstić information content (AvgIpc) is 2.25. The van der Waals surface area contributed by atoms with E-state index in [4.69, 9.17) is 10.1 Å². The van der Waals surface area contributed by atoms with Crippen LogP contribution in [-0.2, 0) is 4.84 Å². The van der Waals surface area contributed by atoms with Crippen molar-refractivity contribution in [2.45, 2.75) is 13.3 Å². The Morgan fingerprint density at radius 3 is 3.00 bits per heavy atom. The third kappa shape index (κ3) is 2.91. The topological polar surface area (TPSA) is 45.4 Å². The number of hydrogen-bond donors (Lipinski definition) is 0. The predicted molar refractivity (Wildman–Crippen MR) is 55.0 cm³/mol. The van der Waals surface area contributed by atoms with Crippen molar-refractivity contribution in [3.63, 3.8) is 0 Å². The normalized spacial score (nSPS) is 10.0. The maximum absolute atomic E-state index is 8.77. The Balaban J connectivity index is 2.67. The first-order valence-electron chi connectivity index (χ1n) is 4.53. The Labute approximate surface area is 83.6 Å². The highest BCUT2D eigenvalue weighted by atomic mass is 16.6. The predicted octanol–water partition coefficient (Wildman–Crippen LogP) is 2.32. The van der Waals surface area contributed by atoms with E-state index in [1.807, 2.05) is 25.1 Å². The van der Waals surface area contributed by atoms with E-state index >= 15 is 0 Å². The van der Waals surface area contributed by atoms with Crippen molar-refractivity contribution in [3.05, 3.63) is 35.4 Å². The van der Waals surface area contributed by atoms with Gasteiger partial charge in [-0.2, -0.15) is 5.26 Å². The highest BCUT2D eigenvalue weighted by Crippen LogP contribution is 2.03. The molecule has 0 saturated carbocycles. The highest BCUT2D eigenvalue weighted by Gasteiger charge is 1.95. The van der Waals surface area contributed by atoms with Crippen LogP contribution in [-0.4, -0.2) is 12.8 Å². The summed E-state index contributed by atoms with van der Waals surface area (Å²) in [5.41, 5.74) is 1.39. The van der Waals surface area contributed by atoms with Gasteiger partial charge in [-0.15, -0.1) is 0 Å². The average molecular weight is 188 g/mol. The third-order valence-electron chi connectivity index (χ3n) is 1.64. The second kappa shape index (κ2) is 5.76. The van der Waals surface area contributed by atoms with Gasteiger partial charge in [-0.3, -0.25) is 0 Å². The number of nitrogens with zero attached hydrogens (tertiary/aromatic N) is 2. The molecule has 0 fully saturated rings. The second-order valence-corrected chi connectivity index (χ2v) is 2.77. The maximum Gasteiger partial charge on any atom is 0.116 e. The minimum atomic E-state index is 0.602. The molecule has 0 N–H and O–H groups in total. The molecule has 0 spiro atoms. The lowest BCUT2D eigenvalue weighted by Crippen LogP contribution is -1.89. The van der Waals surface area contributed by atoms with Crippen molar-refractivity contribution < 1.29 is 4.84 Å². The molecule has 1 aromatic rings. The Morgan fingerprint density at radius 1 is 1.50 bits per heavy atom. The highest BCUT2D eigenvalue weighted by molar-refractivity contribution is 5.82. The van der Waals surface area contributed by atoms with Crippen LogP contribution in [0.5, 0.6) is 0 Å². The van der Waals surface area contributed by atoms with Crippen LogP contribution in [0.15, 0.2) is 29.4 Å². The van der Waals surface area contributed by atoms with Crippen LogP contribution >= 0.6 is 0 Å². The number of nitriles is 1. The Bertz CT molecular complexity index is 353. The van der Waals surface area contributed by atoms with Crippen LogP contribution in [0.4, 0.5) is 0 Å². The molecule has 0 atom stereocenters. The molecule has 3 nitrogen and oxygen atoms in total. The minimum Gasteiger partial charge on any atom is -0.396 e. The van der Waals surface area contributed by atoms with E-state index < -0.39 is 0 Å². The van der Waals surface area contributed by atoms with E-state index in [2.05, 4.69) is 11.2 Å². The van der Waals surface area contributed by atoms with Crippen molar-refractivity contribution >= 4 is 6.21 Å². The Kier molecular flexibility index (Phi) is 4.22. The van der Waals surface area contributed by atoms with Crippen LogP contribution < -0.4 is 0 Å². The minimum absolute atomic E-state index is 0.602. The van der Waals surface area contributed by atoms with E-state index in [9.17, 15) is 0 Å². The largest absolute Gasteiger partial charge is 0.396 e. The zero-order valence-corrected chi connectivity index (χ0v) is 8.10. The number of oxime groups is 1. The Hall–Kier alpha value is -1.82. The van der Waals surface area contributed by atoms with E-state index in [0.29, 0.717) is 12.2 Å². The van der Waals surface area contributed by atoms with Gasteiger partial charge in [-0.05, 0) is 12.5 Å². The summed E-state index contributed by atoms with van der Waals surface area (Å²) in [5.74, 6) is 0. The van der Waals surface area contributed by atoms with Crippen molar-refractivity contribution in [1.29, 1.82) is 5.26 Å². The van der Waals surface area contributed by atoms with Gasteiger partial charge in [0.05, 0.1) is 17.8 Å². The molecule has 0 saturated heterocycles. The molecule has 0 aliphatic heterocycles. The van der Waals surface area contributed by atoms with Crippen LogP contribution in [0.2, 0.25) is 0 Å². The molecule has 0 aliphatic rings. The Morgan fingerprint density at radius 2 is 2.29 bits per heavy atom. The lowest BCUT2D eigenvalue weighted by Gasteiger charge is -1.96. The number of rotatable bonds is 4. The summed E-state index contributed by atoms with van der Waals surface area (Å²) in [5, 5.41) is 12.5. The first-order chi connectivity index (χ1) is 6.88. The fourth-order valence-corrected chi connectivity index (χ4v) is 0.949. The molecule has 1 aromatic carbocycles. The van der Waals surface area contributed by atoms with E-state index in [1.165, 1.54) is 0 Å². The fraction of sp³-hybridized carbons (Fsp3) is 0.273. The lowest BCUT2D eigenvalue weighted by molar-refractivity contribution is 0.146. The third-order valence-corrected chi connectivity index (χ3v) is 1.64. The molecule has 0 radical (unpaired) electrons. The van der Waals surface area contributed by atoms with Crippen LogP contribution in [0.25, 0.3) is 0 Å². The zero-order valence-electron chi connectivity index (χ0n) is 8.10. The molecule has 0 unspecified atom stereocenters. The van der Waals surface area contributed by atoms with Gasteiger partial charge in [0, 0.05) is 5.56 Å². The number of hydrogen-bond acceptors (Lipinski definition) is 3. The first-order valence-corrected chi connectivity index (χ1v) is 4.53. The quantitative estimate of drug-likeness (QED) is 0.413. The van der Waals surface area contributed by atoms with Gasteiger partial charge in [0.15, 0.2) is 0 Å². The van der Waals surface area contributed by atoms with Crippen molar-refractivity contribution in [3.8, 4) is 6.07 Å². The molecule has 3 heteroatoms. The van der Waals surface area contributed by atoms with E-state index in [-0.39, 0.29) is 0 Å². The van der Waals surface area contributed by atoms with Gasteiger partial charge in [0.2, 0.25) is 0 Å². The van der Waals surface area contributed by atoms with Crippen LogP contribution in [0.3, 0.4) is 0 Å². The van der Waals surface area contributed by atoms with Gasteiger partial charge >= 0.3 is 0 Å². The molecule has 0 aliphatic carbocycles. The van der Waals surface area contributed by atoms with Gasteiger partial charge in [0.1, 0.15) is 6.61 Å². The van der Waals surface area contributed by atoms with Crippen molar-refractivity contribution in [1.82, 2.24) is 0 Å². The van der Waals surface area contributed by atoms with E-state index in [1.54, 1.807) is 12.3 Å². The smallest absolute Gasteiger partial charge is 0.116 e. The summed E-state index contributed by atoms with van der Waals surface area (Å²) in [6.07, 6.45) is 2.49. The van der Waals surface area contributed by atoms with Crippen LogP contribution in [0, 0.1) is 11.3 Å².